The molecule has 0 bridgehead atoms. The van der Waals surface area contributed by atoms with E-state index in [0.29, 0.717) is 39.0 Å². The average molecular weight is 457 g/mol. The standard InChI is InChI=1S/C26H36N2O5/c1-5-17-27-26(30)24(6-2)28(19-20-9-11-21(31-3)12-10-20)25(29)8-7-18-33-23-15-13-22(32-4)14-16-23/h9-16,24H,5-8,17-19H2,1-4H3,(H,27,30)/t24-/m1/s1. The fraction of sp³-hybridized carbons (Fsp3) is 0.462. The third-order valence-electron chi connectivity index (χ3n) is 5.31. The molecule has 2 aromatic rings. The first-order valence-electron chi connectivity index (χ1n) is 11.5. The summed E-state index contributed by atoms with van der Waals surface area (Å²) in [5, 5.41) is 2.93. The average Bonchev–Trinajstić information content (AvgIpc) is 2.85. The summed E-state index contributed by atoms with van der Waals surface area (Å²) in [7, 11) is 3.23. The van der Waals surface area contributed by atoms with Gasteiger partial charge in [0.15, 0.2) is 0 Å². The van der Waals surface area contributed by atoms with Gasteiger partial charge in [0.1, 0.15) is 23.3 Å². The molecule has 7 nitrogen and oxygen atoms in total. The van der Waals surface area contributed by atoms with Crippen LogP contribution < -0.4 is 19.5 Å². The summed E-state index contributed by atoms with van der Waals surface area (Å²) in [6, 6.07) is 14.4. The van der Waals surface area contributed by atoms with Crippen LogP contribution in [0.4, 0.5) is 0 Å². The number of ether oxygens (including phenoxy) is 3. The predicted molar refractivity (Wildman–Crippen MR) is 129 cm³/mol. The maximum atomic E-state index is 13.2. The molecule has 0 aliphatic heterocycles. The summed E-state index contributed by atoms with van der Waals surface area (Å²) in [5.74, 6) is 2.06. The summed E-state index contributed by atoms with van der Waals surface area (Å²) in [4.78, 5) is 27.7. The first-order valence-corrected chi connectivity index (χ1v) is 11.5. The van der Waals surface area contributed by atoms with E-state index < -0.39 is 6.04 Å². The molecule has 7 heteroatoms. The second-order valence-corrected chi connectivity index (χ2v) is 7.71. The van der Waals surface area contributed by atoms with E-state index in [9.17, 15) is 9.59 Å². The van der Waals surface area contributed by atoms with Crippen molar-refractivity contribution in [1.82, 2.24) is 10.2 Å². The minimum atomic E-state index is -0.520. The van der Waals surface area contributed by atoms with Gasteiger partial charge in [-0.25, -0.2) is 0 Å². The molecule has 1 atom stereocenters. The van der Waals surface area contributed by atoms with Crippen LogP contribution in [0, 0.1) is 0 Å². The van der Waals surface area contributed by atoms with Gasteiger partial charge in [-0.15, -0.1) is 0 Å². The third kappa shape index (κ3) is 8.33. The lowest BCUT2D eigenvalue weighted by atomic mass is 10.1. The summed E-state index contributed by atoms with van der Waals surface area (Å²) in [6.07, 6.45) is 2.23. The van der Waals surface area contributed by atoms with Gasteiger partial charge >= 0.3 is 0 Å². The number of hydrogen-bond acceptors (Lipinski definition) is 5. The smallest absolute Gasteiger partial charge is 0.242 e. The summed E-state index contributed by atoms with van der Waals surface area (Å²) in [5.41, 5.74) is 0.945. The maximum Gasteiger partial charge on any atom is 0.242 e. The lowest BCUT2D eigenvalue weighted by Gasteiger charge is -2.30. The minimum absolute atomic E-state index is 0.0670. The van der Waals surface area contributed by atoms with Gasteiger partial charge < -0.3 is 24.4 Å². The molecular formula is C26H36N2O5. The van der Waals surface area contributed by atoms with Gasteiger partial charge in [-0.3, -0.25) is 9.59 Å². The van der Waals surface area contributed by atoms with E-state index in [1.54, 1.807) is 19.1 Å². The Balaban J connectivity index is 2.02. The molecule has 0 radical (unpaired) electrons. The first kappa shape index (κ1) is 26.0. The number of nitrogens with one attached hydrogen (secondary N) is 1. The van der Waals surface area contributed by atoms with Crippen LogP contribution in [-0.2, 0) is 16.1 Å². The Morgan fingerprint density at radius 2 is 1.48 bits per heavy atom. The van der Waals surface area contributed by atoms with Gasteiger partial charge in [0.2, 0.25) is 11.8 Å². The summed E-state index contributed by atoms with van der Waals surface area (Å²) >= 11 is 0. The van der Waals surface area contributed by atoms with Crippen molar-refractivity contribution in [2.24, 2.45) is 0 Å². The predicted octanol–water partition coefficient (Wildman–Crippen LogP) is 4.20. The molecule has 0 fully saturated rings. The van der Waals surface area contributed by atoms with E-state index in [2.05, 4.69) is 5.32 Å². The highest BCUT2D eigenvalue weighted by Gasteiger charge is 2.28. The number of amides is 2. The van der Waals surface area contributed by atoms with Crippen LogP contribution in [0.5, 0.6) is 17.2 Å². The molecule has 0 aliphatic carbocycles. The number of hydrogen-bond donors (Lipinski definition) is 1. The molecule has 0 spiro atoms. The van der Waals surface area contributed by atoms with Crippen molar-refractivity contribution in [2.75, 3.05) is 27.4 Å². The maximum absolute atomic E-state index is 13.2. The molecule has 180 valence electrons. The van der Waals surface area contributed by atoms with Crippen LogP contribution in [0.1, 0.15) is 45.1 Å². The Hall–Kier alpha value is -3.22. The normalized spacial score (nSPS) is 11.4. The number of rotatable bonds is 14. The monoisotopic (exact) mass is 456 g/mol. The quantitative estimate of drug-likeness (QED) is 0.431. The van der Waals surface area contributed by atoms with Crippen LogP contribution in [0.25, 0.3) is 0 Å². The van der Waals surface area contributed by atoms with Crippen molar-refractivity contribution in [3.8, 4) is 17.2 Å². The van der Waals surface area contributed by atoms with Gasteiger partial charge in [-0.1, -0.05) is 26.0 Å². The number of carbonyl (C=O) groups excluding carboxylic acids is 2. The van der Waals surface area contributed by atoms with Crippen molar-refractivity contribution < 1.29 is 23.8 Å². The molecule has 33 heavy (non-hydrogen) atoms. The van der Waals surface area contributed by atoms with E-state index in [1.165, 1.54) is 0 Å². The van der Waals surface area contributed by atoms with Gasteiger partial charge in [0.05, 0.1) is 20.8 Å². The lowest BCUT2D eigenvalue weighted by molar-refractivity contribution is -0.141. The molecule has 0 heterocycles. The molecule has 2 amide bonds. The molecule has 0 aromatic heterocycles. The zero-order valence-corrected chi connectivity index (χ0v) is 20.1. The van der Waals surface area contributed by atoms with E-state index in [1.807, 2.05) is 62.4 Å². The summed E-state index contributed by atoms with van der Waals surface area (Å²) in [6.45, 7) is 5.30. The Kier molecular flexibility index (Phi) is 11.1. The molecule has 0 unspecified atom stereocenters. The highest BCUT2D eigenvalue weighted by atomic mass is 16.5. The number of nitrogens with zero attached hydrogens (tertiary/aromatic N) is 1. The van der Waals surface area contributed by atoms with E-state index in [4.69, 9.17) is 14.2 Å². The second-order valence-electron chi connectivity index (χ2n) is 7.71. The zero-order chi connectivity index (χ0) is 24.1. The largest absolute Gasteiger partial charge is 0.497 e. The minimum Gasteiger partial charge on any atom is -0.497 e. The third-order valence-corrected chi connectivity index (χ3v) is 5.31. The molecule has 0 aliphatic rings. The fourth-order valence-corrected chi connectivity index (χ4v) is 3.44. The van der Waals surface area contributed by atoms with Crippen molar-refractivity contribution in [1.29, 1.82) is 0 Å². The number of benzene rings is 2. The van der Waals surface area contributed by atoms with E-state index in [0.717, 1.165) is 29.2 Å². The molecule has 0 saturated heterocycles. The summed E-state index contributed by atoms with van der Waals surface area (Å²) < 4.78 is 16.1. The van der Waals surface area contributed by atoms with Gasteiger partial charge in [-0.2, -0.15) is 0 Å². The van der Waals surface area contributed by atoms with Crippen LogP contribution in [-0.4, -0.2) is 50.1 Å². The van der Waals surface area contributed by atoms with Crippen LogP contribution in [0.2, 0.25) is 0 Å². The Bertz CT molecular complexity index is 852. The topological polar surface area (TPSA) is 77.1 Å². The van der Waals surface area contributed by atoms with Crippen molar-refractivity contribution in [3.63, 3.8) is 0 Å². The highest BCUT2D eigenvalue weighted by Crippen LogP contribution is 2.19. The van der Waals surface area contributed by atoms with Gasteiger partial charge in [-0.05, 0) is 61.2 Å². The van der Waals surface area contributed by atoms with Gasteiger partial charge in [0, 0.05) is 19.5 Å². The molecule has 2 rings (SSSR count). The van der Waals surface area contributed by atoms with E-state index >= 15 is 0 Å². The molecule has 0 saturated carbocycles. The Labute approximate surface area is 197 Å². The Morgan fingerprint density at radius 3 is 2.03 bits per heavy atom. The Morgan fingerprint density at radius 1 is 0.909 bits per heavy atom. The highest BCUT2D eigenvalue weighted by molar-refractivity contribution is 5.87. The SMILES string of the molecule is CCCNC(=O)[C@@H](CC)N(Cc1ccc(OC)cc1)C(=O)CCCOc1ccc(OC)cc1. The zero-order valence-electron chi connectivity index (χ0n) is 20.1. The van der Waals surface area contributed by atoms with Crippen LogP contribution in [0.3, 0.4) is 0 Å². The van der Waals surface area contributed by atoms with Crippen LogP contribution >= 0.6 is 0 Å². The van der Waals surface area contributed by atoms with Crippen LogP contribution in [0.15, 0.2) is 48.5 Å². The fourth-order valence-electron chi connectivity index (χ4n) is 3.44. The lowest BCUT2D eigenvalue weighted by Crippen LogP contribution is -2.49. The van der Waals surface area contributed by atoms with Gasteiger partial charge in [0.25, 0.3) is 0 Å². The molecular weight excluding hydrogens is 420 g/mol. The molecule has 1 N–H and O–H groups in total. The number of carbonyl (C=O) groups is 2. The van der Waals surface area contributed by atoms with Crippen molar-refractivity contribution >= 4 is 11.8 Å². The first-order chi connectivity index (χ1) is 16.0. The van der Waals surface area contributed by atoms with Crippen molar-refractivity contribution in [3.05, 3.63) is 54.1 Å². The molecule has 2 aromatic carbocycles. The van der Waals surface area contributed by atoms with E-state index in [-0.39, 0.29) is 11.8 Å². The second kappa shape index (κ2) is 14.0. The number of methoxy groups -OCH3 is 2. The van der Waals surface area contributed by atoms with Crippen molar-refractivity contribution in [2.45, 2.75) is 52.1 Å².